The van der Waals surface area contributed by atoms with Crippen molar-refractivity contribution in [3.63, 3.8) is 0 Å². The topological polar surface area (TPSA) is 53.6 Å². The molecule has 4 nitrogen and oxygen atoms in total. The molecule has 1 aliphatic heterocycles. The molecule has 1 aliphatic rings. The number of benzene rings is 1. The summed E-state index contributed by atoms with van der Waals surface area (Å²) >= 11 is 0. The molecular formula is C18H29IN4. The highest BCUT2D eigenvalue weighted by Gasteiger charge is 2.23. The lowest BCUT2D eigenvalue weighted by molar-refractivity contribution is 0.251. The van der Waals surface area contributed by atoms with Crippen molar-refractivity contribution in [2.45, 2.75) is 32.7 Å². The third-order valence-corrected chi connectivity index (χ3v) is 4.05. The second kappa shape index (κ2) is 9.93. The van der Waals surface area contributed by atoms with Gasteiger partial charge >= 0.3 is 0 Å². The van der Waals surface area contributed by atoms with Gasteiger partial charge in [-0.15, -0.1) is 24.0 Å². The number of likely N-dealkylation sites (tertiary alicyclic amines) is 1. The van der Waals surface area contributed by atoms with Crippen molar-refractivity contribution in [1.29, 1.82) is 0 Å². The summed E-state index contributed by atoms with van der Waals surface area (Å²) in [6.45, 7) is 11.6. The maximum atomic E-state index is 5.95. The maximum Gasteiger partial charge on any atom is 0.188 e. The fraction of sp³-hybridized carbons (Fsp3) is 0.500. The number of nitrogens with two attached hydrogens (primary N) is 1. The summed E-state index contributed by atoms with van der Waals surface area (Å²) in [6, 6.07) is 9.08. The SMILES string of the molecule is C=C(C)CNC(N)=NCC(c1ccc(C)cc1)N1CCCC1.I. The van der Waals surface area contributed by atoms with E-state index in [4.69, 9.17) is 5.73 Å². The number of rotatable bonds is 6. The van der Waals surface area contributed by atoms with Crippen molar-refractivity contribution < 1.29 is 0 Å². The van der Waals surface area contributed by atoms with E-state index in [9.17, 15) is 0 Å². The lowest BCUT2D eigenvalue weighted by Gasteiger charge is -2.26. The van der Waals surface area contributed by atoms with Crippen LogP contribution in [-0.2, 0) is 0 Å². The summed E-state index contributed by atoms with van der Waals surface area (Å²) in [5, 5.41) is 3.10. The molecular weight excluding hydrogens is 399 g/mol. The van der Waals surface area contributed by atoms with E-state index in [0.717, 1.165) is 18.7 Å². The zero-order valence-electron chi connectivity index (χ0n) is 14.2. The van der Waals surface area contributed by atoms with Gasteiger partial charge in [-0.25, -0.2) is 0 Å². The van der Waals surface area contributed by atoms with E-state index in [1.807, 2.05) is 6.92 Å². The van der Waals surface area contributed by atoms with Crippen molar-refractivity contribution in [2.24, 2.45) is 10.7 Å². The van der Waals surface area contributed by atoms with Gasteiger partial charge in [0.2, 0.25) is 0 Å². The van der Waals surface area contributed by atoms with Crippen molar-refractivity contribution in [1.82, 2.24) is 10.2 Å². The van der Waals surface area contributed by atoms with E-state index in [2.05, 4.69) is 53.0 Å². The Labute approximate surface area is 157 Å². The van der Waals surface area contributed by atoms with Gasteiger partial charge in [-0.2, -0.15) is 0 Å². The number of halogens is 1. The second-order valence-corrected chi connectivity index (χ2v) is 6.21. The average molecular weight is 428 g/mol. The van der Waals surface area contributed by atoms with Gasteiger partial charge in [-0.1, -0.05) is 42.0 Å². The summed E-state index contributed by atoms with van der Waals surface area (Å²) in [5.74, 6) is 0.499. The number of hydrogen-bond donors (Lipinski definition) is 2. The van der Waals surface area contributed by atoms with Gasteiger partial charge < -0.3 is 11.1 Å². The first-order valence-corrected chi connectivity index (χ1v) is 8.05. The smallest absolute Gasteiger partial charge is 0.188 e. The zero-order valence-corrected chi connectivity index (χ0v) is 16.5. The second-order valence-electron chi connectivity index (χ2n) is 6.21. The number of nitrogens with one attached hydrogen (secondary N) is 1. The maximum absolute atomic E-state index is 5.95. The molecule has 0 saturated carbocycles. The zero-order chi connectivity index (χ0) is 15.9. The van der Waals surface area contributed by atoms with Crippen LogP contribution in [0, 0.1) is 6.92 Å². The summed E-state index contributed by atoms with van der Waals surface area (Å²) in [5.41, 5.74) is 9.61. The third-order valence-electron chi connectivity index (χ3n) is 4.05. The molecule has 3 N–H and O–H groups in total. The largest absolute Gasteiger partial charge is 0.370 e. The van der Waals surface area contributed by atoms with Crippen LogP contribution in [0.2, 0.25) is 0 Å². The minimum atomic E-state index is 0. The number of aryl methyl sites for hydroxylation is 1. The molecule has 0 bridgehead atoms. The van der Waals surface area contributed by atoms with Crippen molar-refractivity contribution in [2.75, 3.05) is 26.2 Å². The fourth-order valence-electron chi connectivity index (χ4n) is 2.76. The molecule has 0 spiro atoms. The van der Waals surface area contributed by atoms with Crippen LogP contribution in [0.4, 0.5) is 0 Å². The molecule has 1 aromatic rings. The van der Waals surface area contributed by atoms with Crippen LogP contribution in [0.5, 0.6) is 0 Å². The Bertz CT molecular complexity index is 518. The van der Waals surface area contributed by atoms with Crippen LogP contribution < -0.4 is 11.1 Å². The van der Waals surface area contributed by atoms with Crippen molar-refractivity contribution >= 4 is 29.9 Å². The Balaban J connectivity index is 0.00000264. The number of aliphatic imine (C=N–C) groups is 1. The molecule has 2 rings (SSSR count). The van der Waals surface area contributed by atoms with Crippen LogP contribution >= 0.6 is 24.0 Å². The van der Waals surface area contributed by atoms with Crippen molar-refractivity contribution in [3.05, 3.63) is 47.5 Å². The quantitative estimate of drug-likeness (QED) is 0.317. The molecule has 1 saturated heterocycles. The Morgan fingerprint density at radius 1 is 1.30 bits per heavy atom. The predicted octanol–water partition coefficient (Wildman–Crippen LogP) is 3.23. The molecule has 0 aromatic heterocycles. The molecule has 0 aliphatic carbocycles. The van der Waals surface area contributed by atoms with Crippen LogP contribution in [-0.4, -0.2) is 37.0 Å². The normalized spacial score (nSPS) is 16.7. The van der Waals surface area contributed by atoms with Gasteiger partial charge in [-0.3, -0.25) is 9.89 Å². The van der Waals surface area contributed by atoms with E-state index < -0.39 is 0 Å². The van der Waals surface area contributed by atoms with E-state index in [1.54, 1.807) is 0 Å². The molecule has 1 aromatic carbocycles. The lowest BCUT2D eigenvalue weighted by atomic mass is 10.0. The predicted molar refractivity (Wildman–Crippen MR) is 109 cm³/mol. The van der Waals surface area contributed by atoms with E-state index in [1.165, 1.54) is 24.0 Å². The van der Waals surface area contributed by atoms with Crippen LogP contribution in [0.3, 0.4) is 0 Å². The van der Waals surface area contributed by atoms with Gasteiger partial charge in [-0.05, 0) is 45.3 Å². The first-order chi connectivity index (χ1) is 10.6. The Hall–Kier alpha value is -1.08. The monoisotopic (exact) mass is 428 g/mol. The molecule has 1 heterocycles. The lowest BCUT2D eigenvalue weighted by Crippen LogP contribution is -2.34. The van der Waals surface area contributed by atoms with Gasteiger partial charge in [0.1, 0.15) is 0 Å². The standard InChI is InChI=1S/C18H28N4.HI/c1-14(2)12-20-18(19)21-13-17(22-10-4-5-11-22)16-8-6-15(3)7-9-16;/h6-9,17H,1,4-5,10-13H2,2-3H3,(H3,19,20,21);1H. The molecule has 128 valence electrons. The minimum absolute atomic E-state index is 0. The first kappa shape index (κ1) is 20.0. The molecule has 1 atom stereocenters. The molecule has 1 unspecified atom stereocenters. The summed E-state index contributed by atoms with van der Waals surface area (Å²) in [6.07, 6.45) is 2.55. The van der Waals surface area contributed by atoms with Gasteiger partial charge in [0.15, 0.2) is 5.96 Å². The Morgan fingerprint density at radius 2 is 1.91 bits per heavy atom. The van der Waals surface area contributed by atoms with Crippen LogP contribution in [0.1, 0.15) is 36.9 Å². The van der Waals surface area contributed by atoms with E-state index >= 15 is 0 Å². The van der Waals surface area contributed by atoms with Crippen molar-refractivity contribution in [3.8, 4) is 0 Å². The highest BCUT2D eigenvalue weighted by atomic mass is 127. The highest BCUT2D eigenvalue weighted by molar-refractivity contribution is 14.0. The minimum Gasteiger partial charge on any atom is -0.370 e. The Kier molecular flexibility index (Phi) is 8.62. The van der Waals surface area contributed by atoms with Crippen LogP contribution in [0.25, 0.3) is 0 Å². The summed E-state index contributed by atoms with van der Waals surface area (Å²) < 4.78 is 0. The summed E-state index contributed by atoms with van der Waals surface area (Å²) in [4.78, 5) is 7.05. The molecule has 1 fully saturated rings. The Morgan fingerprint density at radius 3 is 2.48 bits per heavy atom. The number of hydrogen-bond acceptors (Lipinski definition) is 2. The first-order valence-electron chi connectivity index (χ1n) is 8.05. The fourth-order valence-corrected chi connectivity index (χ4v) is 2.76. The average Bonchev–Trinajstić information content (AvgIpc) is 3.01. The number of guanidine groups is 1. The van der Waals surface area contributed by atoms with Crippen LogP contribution in [0.15, 0.2) is 41.4 Å². The van der Waals surface area contributed by atoms with Gasteiger partial charge in [0.05, 0.1) is 12.6 Å². The van der Waals surface area contributed by atoms with Gasteiger partial charge in [0, 0.05) is 6.54 Å². The third kappa shape index (κ3) is 6.51. The van der Waals surface area contributed by atoms with Gasteiger partial charge in [0.25, 0.3) is 0 Å². The summed E-state index contributed by atoms with van der Waals surface area (Å²) in [7, 11) is 0. The molecule has 0 radical (unpaired) electrons. The highest BCUT2D eigenvalue weighted by Crippen LogP contribution is 2.25. The molecule has 0 amide bonds. The molecule has 5 heteroatoms. The van der Waals surface area contributed by atoms with E-state index in [0.29, 0.717) is 25.1 Å². The van der Waals surface area contributed by atoms with E-state index in [-0.39, 0.29) is 24.0 Å². The number of nitrogens with zero attached hydrogens (tertiary/aromatic N) is 2. The molecule has 23 heavy (non-hydrogen) atoms.